The predicted octanol–water partition coefficient (Wildman–Crippen LogP) is 1.68. The molecule has 1 unspecified atom stereocenters. The van der Waals surface area contributed by atoms with Gasteiger partial charge in [0.05, 0.1) is 6.10 Å². The minimum absolute atomic E-state index is 0.0364. The van der Waals surface area contributed by atoms with Crippen molar-refractivity contribution in [1.29, 1.82) is 0 Å². The highest BCUT2D eigenvalue weighted by Gasteiger charge is 2.49. The molecule has 3 N–H and O–H groups in total. The Morgan fingerprint density at radius 2 is 2.00 bits per heavy atom. The predicted molar refractivity (Wildman–Crippen MR) is 53.4 cm³/mol. The maximum Gasteiger partial charge on any atom is 0.0609 e. The van der Waals surface area contributed by atoms with E-state index < -0.39 is 0 Å². The SMILES string of the molecule is CC(O)C1(c2ccccc2N)CC1. The smallest absolute Gasteiger partial charge is 0.0609 e. The van der Waals surface area contributed by atoms with E-state index in [1.54, 1.807) is 0 Å². The minimum Gasteiger partial charge on any atom is -0.398 e. The molecule has 1 atom stereocenters. The van der Waals surface area contributed by atoms with Crippen LogP contribution in [-0.4, -0.2) is 11.2 Å². The van der Waals surface area contributed by atoms with Gasteiger partial charge in [-0.05, 0) is 31.4 Å². The molecule has 1 fully saturated rings. The number of aliphatic hydroxyl groups is 1. The molecule has 2 rings (SSSR count). The number of nitrogens with two attached hydrogens (primary N) is 1. The molecule has 1 aromatic carbocycles. The second-order valence-electron chi connectivity index (χ2n) is 3.92. The standard InChI is InChI=1S/C11H15NO/c1-8(13)11(6-7-11)9-4-2-3-5-10(9)12/h2-5,8,13H,6-7,12H2,1H3. The van der Waals surface area contributed by atoms with E-state index in [0.717, 1.165) is 24.1 Å². The van der Waals surface area contributed by atoms with Crippen LogP contribution in [0.2, 0.25) is 0 Å². The van der Waals surface area contributed by atoms with E-state index in [0.29, 0.717) is 0 Å². The van der Waals surface area contributed by atoms with Gasteiger partial charge in [-0.15, -0.1) is 0 Å². The molecule has 0 saturated heterocycles. The quantitative estimate of drug-likeness (QED) is 0.675. The minimum atomic E-state index is -0.294. The van der Waals surface area contributed by atoms with Crippen LogP contribution in [0.5, 0.6) is 0 Å². The average molecular weight is 177 g/mol. The lowest BCUT2D eigenvalue weighted by Gasteiger charge is -2.20. The highest BCUT2D eigenvalue weighted by Crippen LogP contribution is 2.52. The first kappa shape index (κ1) is 8.57. The Labute approximate surface area is 78.4 Å². The van der Waals surface area contributed by atoms with E-state index in [1.807, 2.05) is 31.2 Å². The summed E-state index contributed by atoms with van der Waals surface area (Å²) in [4.78, 5) is 0. The van der Waals surface area contributed by atoms with E-state index in [-0.39, 0.29) is 11.5 Å². The van der Waals surface area contributed by atoms with Gasteiger partial charge in [0.15, 0.2) is 0 Å². The van der Waals surface area contributed by atoms with Crippen molar-refractivity contribution in [1.82, 2.24) is 0 Å². The highest BCUT2D eigenvalue weighted by atomic mass is 16.3. The average Bonchev–Trinajstić information content (AvgIpc) is 2.85. The zero-order valence-electron chi connectivity index (χ0n) is 7.83. The van der Waals surface area contributed by atoms with Crippen molar-refractivity contribution >= 4 is 5.69 Å². The lowest BCUT2D eigenvalue weighted by Crippen LogP contribution is -2.23. The summed E-state index contributed by atoms with van der Waals surface area (Å²) in [7, 11) is 0. The third-order valence-electron chi connectivity index (χ3n) is 3.09. The summed E-state index contributed by atoms with van der Waals surface area (Å²) in [5, 5.41) is 9.66. The Morgan fingerprint density at radius 1 is 1.38 bits per heavy atom. The zero-order chi connectivity index (χ0) is 9.47. The monoisotopic (exact) mass is 177 g/mol. The van der Waals surface area contributed by atoms with Crippen LogP contribution in [0, 0.1) is 0 Å². The van der Waals surface area contributed by atoms with Gasteiger partial charge < -0.3 is 10.8 Å². The Kier molecular flexibility index (Phi) is 1.81. The Morgan fingerprint density at radius 3 is 2.46 bits per heavy atom. The molecule has 0 heterocycles. The number of aliphatic hydroxyl groups excluding tert-OH is 1. The molecule has 0 amide bonds. The molecule has 0 aromatic heterocycles. The first-order valence-electron chi connectivity index (χ1n) is 4.70. The molecule has 1 aromatic rings. The first-order chi connectivity index (χ1) is 6.17. The largest absolute Gasteiger partial charge is 0.398 e. The van der Waals surface area contributed by atoms with Crippen LogP contribution in [0.4, 0.5) is 5.69 Å². The Balaban J connectivity index is 2.41. The lowest BCUT2D eigenvalue weighted by atomic mass is 9.90. The van der Waals surface area contributed by atoms with E-state index in [9.17, 15) is 5.11 Å². The fourth-order valence-electron chi connectivity index (χ4n) is 2.00. The van der Waals surface area contributed by atoms with Crippen molar-refractivity contribution in [3.8, 4) is 0 Å². The third kappa shape index (κ3) is 1.22. The summed E-state index contributed by atoms with van der Waals surface area (Å²) in [5.74, 6) is 0. The van der Waals surface area contributed by atoms with Crippen molar-refractivity contribution in [3.63, 3.8) is 0 Å². The molecular weight excluding hydrogens is 162 g/mol. The van der Waals surface area contributed by atoms with Gasteiger partial charge in [-0.3, -0.25) is 0 Å². The summed E-state index contributed by atoms with van der Waals surface area (Å²) in [6.45, 7) is 1.85. The van der Waals surface area contributed by atoms with E-state index in [1.165, 1.54) is 0 Å². The van der Waals surface area contributed by atoms with Gasteiger partial charge >= 0.3 is 0 Å². The van der Waals surface area contributed by atoms with Crippen molar-refractivity contribution in [2.75, 3.05) is 5.73 Å². The van der Waals surface area contributed by atoms with Crippen LogP contribution >= 0.6 is 0 Å². The van der Waals surface area contributed by atoms with Gasteiger partial charge in [-0.25, -0.2) is 0 Å². The number of hydrogen-bond acceptors (Lipinski definition) is 2. The van der Waals surface area contributed by atoms with Gasteiger partial charge in [0.2, 0.25) is 0 Å². The molecule has 0 aliphatic heterocycles. The molecule has 2 nitrogen and oxygen atoms in total. The summed E-state index contributed by atoms with van der Waals surface area (Å²) in [6.07, 6.45) is 1.81. The van der Waals surface area contributed by atoms with Crippen molar-refractivity contribution < 1.29 is 5.11 Å². The van der Waals surface area contributed by atoms with Crippen LogP contribution in [0.25, 0.3) is 0 Å². The van der Waals surface area contributed by atoms with Crippen molar-refractivity contribution in [2.45, 2.75) is 31.3 Å². The zero-order valence-corrected chi connectivity index (χ0v) is 7.83. The first-order valence-corrected chi connectivity index (χ1v) is 4.70. The number of anilines is 1. The normalized spacial score (nSPS) is 21.1. The molecule has 1 aliphatic rings. The molecule has 0 radical (unpaired) electrons. The van der Waals surface area contributed by atoms with E-state index in [2.05, 4.69) is 0 Å². The van der Waals surface area contributed by atoms with Gasteiger partial charge in [-0.1, -0.05) is 18.2 Å². The Bertz CT molecular complexity index is 316. The lowest BCUT2D eigenvalue weighted by molar-refractivity contribution is 0.151. The molecule has 1 aliphatic carbocycles. The van der Waals surface area contributed by atoms with Gasteiger partial charge in [0.25, 0.3) is 0 Å². The fraction of sp³-hybridized carbons (Fsp3) is 0.455. The van der Waals surface area contributed by atoms with Gasteiger partial charge in [0.1, 0.15) is 0 Å². The molecule has 2 heteroatoms. The molecule has 70 valence electrons. The second-order valence-corrected chi connectivity index (χ2v) is 3.92. The van der Waals surface area contributed by atoms with Crippen LogP contribution in [-0.2, 0) is 5.41 Å². The van der Waals surface area contributed by atoms with Crippen LogP contribution in [0.1, 0.15) is 25.3 Å². The van der Waals surface area contributed by atoms with Gasteiger partial charge in [-0.2, -0.15) is 0 Å². The summed E-state index contributed by atoms with van der Waals surface area (Å²) < 4.78 is 0. The third-order valence-corrected chi connectivity index (χ3v) is 3.09. The van der Waals surface area contributed by atoms with Crippen LogP contribution < -0.4 is 5.73 Å². The molecule has 13 heavy (non-hydrogen) atoms. The van der Waals surface area contributed by atoms with E-state index >= 15 is 0 Å². The maximum absolute atomic E-state index is 9.66. The number of rotatable bonds is 2. The highest BCUT2D eigenvalue weighted by molar-refractivity contribution is 5.53. The van der Waals surface area contributed by atoms with E-state index in [4.69, 9.17) is 5.73 Å². The topological polar surface area (TPSA) is 46.2 Å². The van der Waals surface area contributed by atoms with Crippen LogP contribution in [0.3, 0.4) is 0 Å². The number of nitrogen functional groups attached to an aromatic ring is 1. The number of hydrogen-bond donors (Lipinski definition) is 2. The van der Waals surface area contributed by atoms with Crippen molar-refractivity contribution in [2.24, 2.45) is 0 Å². The molecule has 0 bridgehead atoms. The van der Waals surface area contributed by atoms with Gasteiger partial charge in [0, 0.05) is 11.1 Å². The number of para-hydroxylation sites is 1. The maximum atomic E-state index is 9.66. The molecular formula is C11H15NO. The summed E-state index contributed by atoms with van der Waals surface area (Å²) in [6, 6.07) is 7.83. The molecule has 0 spiro atoms. The Hall–Kier alpha value is -1.02. The summed E-state index contributed by atoms with van der Waals surface area (Å²) >= 11 is 0. The van der Waals surface area contributed by atoms with Crippen molar-refractivity contribution in [3.05, 3.63) is 29.8 Å². The van der Waals surface area contributed by atoms with Crippen LogP contribution in [0.15, 0.2) is 24.3 Å². The molecule has 1 saturated carbocycles. The fourth-order valence-corrected chi connectivity index (χ4v) is 2.00. The number of benzene rings is 1. The second kappa shape index (κ2) is 2.74. The summed E-state index contributed by atoms with van der Waals surface area (Å²) in [5.41, 5.74) is 7.76.